The fraction of sp³-hybridized carbons (Fsp3) is 0.333. The number of halogens is 1. The van der Waals surface area contributed by atoms with Crippen molar-refractivity contribution in [3.63, 3.8) is 0 Å². The van der Waals surface area contributed by atoms with Crippen LogP contribution >= 0.6 is 0 Å². The predicted molar refractivity (Wildman–Crippen MR) is 87.6 cm³/mol. The van der Waals surface area contributed by atoms with Gasteiger partial charge in [0.1, 0.15) is 5.82 Å². The molecule has 1 atom stereocenters. The molecule has 2 N–H and O–H groups in total. The topological polar surface area (TPSA) is 29.3 Å². The maximum Gasteiger partial charge on any atom is 0.147 e. The van der Waals surface area contributed by atoms with Crippen LogP contribution in [0.25, 0.3) is 0 Å². The minimum Gasteiger partial charge on any atom is -0.342 e. The van der Waals surface area contributed by atoms with Crippen LogP contribution in [0.15, 0.2) is 42.5 Å². The van der Waals surface area contributed by atoms with Gasteiger partial charge >= 0.3 is 0 Å². The van der Waals surface area contributed by atoms with Crippen molar-refractivity contribution < 1.29 is 4.39 Å². The van der Waals surface area contributed by atoms with E-state index >= 15 is 0 Å². The highest BCUT2D eigenvalue weighted by atomic mass is 19.1. The second kappa shape index (κ2) is 6.72. The zero-order valence-corrected chi connectivity index (χ0v) is 12.9. The second-order valence-corrected chi connectivity index (χ2v) is 5.56. The number of benzene rings is 2. The van der Waals surface area contributed by atoms with Crippen LogP contribution in [0, 0.1) is 12.7 Å². The molecule has 2 nitrogen and oxygen atoms in total. The van der Waals surface area contributed by atoms with E-state index in [0.29, 0.717) is 12.1 Å². The smallest absolute Gasteiger partial charge is 0.147 e. The first-order valence-corrected chi connectivity index (χ1v) is 7.35. The van der Waals surface area contributed by atoms with E-state index in [2.05, 4.69) is 0 Å². The van der Waals surface area contributed by atoms with Crippen molar-refractivity contribution in [2.24, 2.45) is 5.73 Å². The molecule has 1 unspecified atom stereocenters. The Morgan fingerprint density at radius 3 is 2.57 bits per heavy atom. The minimum absolute atomic E-state index is 0.0877. The van der Waals surface area contributed by atoms with Crippen molar-refractivity contribution in [2.75, 3.05) is 11.9 Å². The average Bonchev–Trinajstić information content (AvgIpc) is 2.46. The van der Waals surface area contributed by atoms with Crippen molar-refractivity contribution in [3.05, 3.63) is 59.4 Å². The minimum atomic E-state index is -0.209. The van der Waals surface area contributed by atoms with Gasteiger partial charge in [-0.2, -0.15) is 0 Å². The number of hydrogen-bond donors (Lipinski definition) is 1. The van der Waals surface area contributed by atoms with E-state index in [0.717, 1.165) is 23.2 Å². The van der Waals surface area contributed by atoms with E-state index in [9.17, 15) is 4.39 Å². The van der Waals surface area contributed by atoms with Gasteiger partial charge in [0, 0.05) is 18.8 Å². The molecule has 21 heavy (non-hydrogen) atoms. The fourth-order valence-corrected chi connectivity index (χ4v) is 2.37. The van der Waals surface area contributed by atoms with Gasteiger partial charge in [-0.1, -0.05) is 25.1 Å². The Morgan fingerprint density at radius 2 is 1.95 bits per heavy atom. The van der Waals surface area contributed by atoms with Crippen molar-refractivity contribution in [1.29, 1.82) is 0 Å². The second-order valence-electron chi connectivity index (χ2n) is 5.56. The van der Waals surface area contributed by atoms with Gasteiger partial charge in [-0.25, -0.2) is 4.39 Å². The predicted octanol–water partition coefficient (Wildman–Crippen LogP) is 4.18. The number of anilines is 2. The molecule has 3 heteroatoms. The number of aryl methyl sites for hydroxylation is 1. The Morgan fingerprint density at radius 1 is 1.19 bits per heavy atom. The van der Waals surface area contributed by atoms with Crippen molar-refractivity contribution in [3.8, 4) is 0 Å². The van der Waals surface area contributed by atoms with Crippen LogP contribution in [0.1, 0.15) is 24.5 Å². The number of nitrogens with zero attached hydrogens (tertiary/aromatic N) is 1. The molecule has 0 fully saturated rings. The summed E-state index contributed by atoms with van der Waals surface area (Å²) >= 11 is 0. The summed E-state index contributed by atoms with van der Waals surface area (Å²) in [6.45, 7) is 4.07. The van der Waals surface area contributed by atoms with E-state index in [1.165, 1.54) is 0 Å². The normalized spacial score (nSPS) is 12.2. The van der Waals surface area contributed by atoms with Crippen LogP contribution in [-0.2, 0) is 6.42 Å². The Balaban J connectivity index is 2.24. The summed E-state index contributed by atoms with van der Waals surface area (Å²) in [4.78, 5) is 1.87. The van der Waals surface area contributed by atoms with Crippen molar-refractivity contribution >= 4 is 11.4 Å². The Labute approximate surface area is 126 Å². The third-order valence-electron chi connectivity index (χ3n) is 3.78. The van der Waals surface area contributed by atoms with Crippen LogP contribution in [-0.4, -0.2) is 13.1 Å². The molecule has 0 aromatic heterocycles. The summed E-state index contributed by atoms with van der Waals surface area (Å²) in [7, 11) is 1.88. The Bertz CT molecular complexity index is 610. The number of rotatable bonds is 5. The van der Waals surface area contributed by atoms with Gasteiger partial charge in [0.25, 0.3) is 0 Å². The molecule has 112 valence electrons. The summed E-state index contributed by atoms with van der Waals surface area (Å²) < 4.78 is 14.4. The van der Waals surface area contributed by atoms with E-state index in [4.69, 9.17) is 5.73 Å². The first kappa shape index (κ1) is 15.5. The van der Waals surface area contributed by atoms with Gasteiger partial charge in [-0.3, -0.25) is 0 Å². The van der Waals surface area contributed by atoms with Crippen LogP contribution < -0.4 is 10.6 Å². The fourth-order valence-electron chi connectivity index (χ4n) is 2.37. The van der Waals surface area contributed by atoms with Gasteiger partial charge in [0.15, 0.2) is 0 Å². The van der Waals surface area contributed by atoms with Gasteiger partial charge in [0.2, 0.25) is 0 Å². The highest BCUT2D eigenvalue weighted by Crippen LogP contribution is 2.27. The molecule has 0 amide bonds. The van der Waals surface area contributed by atoms with E-state index in [-0.39, 0.29) is 11.9 Å². The van der Waals surface area contributed by atoms with E-state index in [1.54, 1.807) is 6.07 Å². The van der Waals surface area contributed by atoms with E-state index in [1.807, 2.05) is 62.2 Å². The summed E-state index contributed by atoms with van der Waals surface area (Å²) in [5.41, 5.74) is 9.59. The summed E-state index contributed by atoms with van der Waals surface area (Å²) in [5, 5.41) is 0. The average molecular weight is 286 g/mol. The molecule has 0 spiro atoms. The molecule has 2 aromatic rings. The standard InChI is InChI=1S/C18H23FN2/c1-4-15(20)11-14-8-9-18(17(19)12-14)21(3)16-7-5-6-13(2)10-16/h5-10,12,15H,4,11,20H2,1-3H3. The van der Waals surface area contributed by atoms with Gasteiger partial charge in [-0.15, -0.1) is 0 Å². The molecule has 0 saturated heterocycles. The quantitative estimate of drug-likeness (QED) is 0.893. The zero-order chi connectivity index (χ0) is 15.4. The highest BCUT2D eigenvalue weighted by molar-refractivity contribution is 5.63. The maximum atomic E-state index is 14.4. The van der Waals surface area contributed by atoms with Crippen LogP contribution in [0.4, 0.5) is 15.8 Å². The van der Waals surface area contributed by atoms with E-state index < -0.39 is 0 Å². The first-order valence-electron chi connectivity index (χ1n) is 7.35. The summed E-state index contributed by atoms with van der Waals surface area (Å²) in [6, 6.07) is 13.5. The van der Waals surface area contributed by atoms with Crippen molar-refractivity contribution in [1.82, 2.24) is 0 Å². The lowest BCUT2D eigenvalue weighted by atomic mass is 10.0. The van der Waals surface area contributed by atoms with Crippen LogP contribution in [0.3, 0.4) is 0 Å². The SMILES string of the molecule is CCC(N)Cc1ccc(N(C)c2cccc(C)c2)c(F)c1. The lowest BCUT2D eigenvalue weighted by Crippen LogP contribution is -2.21. The molecule has 0 saturated carbocycles. The molecule has 2 aromatic carbocycles. The van der Waals surface area contributed by atoms with Crippen LogP contribution in [0.5, 0.6) is 0 Å². The lowest BCUT2D eigenvalue weighted by Gasteiger charge is -2.21. The van der Waals surface area contributed by atoms with Gasteiger partial charge < -0.3 is 10.6 Å². The highest BCUT2D eigenvalue weighted by Gasteiger charge is 2.11. The molecule has 0 radical (unpaired) electrons. The van der Waals surface area contributed by atoms with Gasteiger partial charge in [-0.05, 0) is 55.2 Å². The first-order chi connectivity index (χ1) is 10.0. The lowest BCUT2D eigenvalue weighted by molar-refractivity contribution is 0.614. The third kappa shape index (κ3) is 3.82. The van der Waals surface area contributed by atoms with Gasteiger partial charge in [0.05, 0.1) is 5.69 Å². The molecule has 0 aliphatic carbocycles. The number of hydrogen-bond acceptors (Lipinski definition) is 2. The van der Waals surface area contributed by atoms with Crippen LogP contribution in [0.2, 0.25) is 0 Å². The molecule has 0 heterocycles. The third-order valence-corrected chi connectivity index (χ3v) is 3.78. The monoisotopic (exact) mass is 286 g/mol. The number of nitrogens with two attached hydrogens (primary N) is 1. The Kier molecular flexibility index (Phi) is 4.97. The molecule has 0 aliphatic heterocycles. The molecule has 2 rings (SSSR count). The molecule has 0 bridgehead atoms. The zero-order valence-electron chi connectivity index (χ0n) is 12.9. The molecular formula is C18H23FN2. The summed E-state index contributed by atoms with van der Waals surface area (Å²) in [5.74, 6) is -0.209. The molecule has 0 aliphatic rings. The maximum absolute atomic E-state index is 14.4. The largest absolute Gasteiger partial charge is 0.342 e. The Hall–Kier alpha value is -1.87. The molecular weight excluding hydrogens is 263 g/mol. The summed E-state index contributed by atoms with van der Waals surface area (Å²) in [6.07, 6.45) is 1.61. The van der Waals surface area contributed by atoms with Crippen molar-refractivity contribution in [2.45, 2.75) is 32.7 Å².